The molecule has 204 valence electrons. The second-order valence-corrected chi connectivity index (χ2v) is 11.8. The van der Waals surface area contributed by atoms with Crippen molar-refractivity contribution in [3.05, 3.63) is 156 Å². The minimum atomic E-state index is 0.903. The number of fused-ring (bicyclic) bond motifs is 8. The van der Waals surface area contributed by atoms with Crippen LogP contribution in [0.5, 0.6) is 0 Å². The maximum atomic E-state index is 2.52. The molecule has 2 nitrogen and oxygen atoms in total. The Morgan fingerprint density at radius 2 is 1.02 bits per heavy atom. The molecule has 0 bridgehead atoms. The van der Waals surface area contributed by atoms with Gasteiger partial charge >= 0.3 is 0 Å². The van der Waals surface area contributed by atoms with E-state index in [0.717, 1.165) is 6.42 Å². The summed E-state index contributed by atoms with van der Waals surface area (Å²) in [5, 5.41) is 7.68. The first kappa shape index (κ1) is 24.3. The van der Waals surface area contributed by atoms with Gasteiger partial charge in [-0.25, -0.2) is 0 Å². The lowest BCUT2D eigenvalue weighted by atomic mass is 9.87. The molecule has 0 unspecified atom stereocenters. The molecule has 0 spiro atoms. The van der Waals surface area contributed by atoms with E-state index in [0.29, 0.717) is 0 Å². The van der Waals surface area contributed by atoms with E-state index in [2.05, 4.69) is 157 Å². The fraction of sp³-hybridized carbons (Fsp3) is 0.0732. The number of aryl methyl sites for hydroxylation is 1. The lowest BCUT2D eigenvalue weighted by Crippen LogP contribution is -2.20. The van der Waals surface area contributed by atoms with Crippen molar-refractivity contribution in [2.45, 2.75) is 20.3 Å². The van der Waals surface area contributed by atoms with Crippen LogP contribution in [0.4, 0.5) is 17.1 Å². The Balaban J connectivity index is 1.42. The molecule has 0 saturated heterocycles. The van der Waals surface area contributed by atoms with Gasteiger partial charge in [-0.1, -0.05) is 97.1 Å². The van der Waals surface area contributed by atoms with Crippen LogP contribution in [0, 0.1) is 13.8 Å². The van der Waals surface area contributed by atoms with Crippen molar-refractivity contribution < 1.29 is 0 Å². The molecule has 0 atom stereocenters. The average Bonchev–Trinajstić information content (AvgIpc) is 3.40. The zero-order valence-electron chi connectivity index (χ0n) is 24.3. The highest BCUT2D eigenvalue weighted by molar-refractivity contribution is 6.15. The summed E-state index contributed by atoms with van der Waals surface area (Å²) < 4.78 is 2.48. The van der Waals surface area contributed by atoms with Crippen LogP contribution in [0.15, 0.2) is 133 Å². The van der Waals surface area contributed by atoms with Crippen LogP contribution in [0.2, 0.25) is 0 Å². The topological polar surface area (TPSA) is 8.17 Å². The van der Waals surface area contributed by atoms with Crippen molar-refractivity contribution in [3.8, 4) is 5.69 Å². The molecule has 8 aromatic rings. The zero-order chi connectivity index (χ0) is 28.7. The maximum Gasteiger partial charge on any atom is 0.0545 e. The first-order valence-electron chi connectivity index (χ1n) is 15.1. The van der Waals surface area contributed by atoms with E-state index in [1.165, 1.54) is 88.4 Å². The molecule has 0 fully saturated rings. The lowest BCUT2D eigenvalue weighted by Gasteiger charge is -2.36. The van der Waals surface area contributed by atoms with Gasteiger partial charge in [0.2, 0.25) is 0 Å². The number of rotatable bonds is 2. The SMILES string of the molecule is Cc1ccc2c(c1C)Cc1c(ccc3c1c1ccccc1n3-c1cccc3ccccc13)N2c1cccc2ccccc12. The summed E-state index contributed by atoms with van der Waals surface area (Å²) >= 11 is 0. The largest absolute Gasteiger partial charge is 0.309 e. The van der Waals surface area contributed by atoms with Gasteiger partial charge in [-0.05, 0) is 83.3 Å². The van der Waals surface area contributed by atoms with Gasteiger partial charge in [0.15, 0.2) is 0 Å². The van der Waals surface area contributed by atoms with Crippen molar-refractivity contribution in [3.63, 3.8) is 0 Å². The molecule has 0 N–H and O–H groups in total. The number of hydrogen-bond acceptors (Lipinski definition) is 1. The maximum absolute atomic E-state index is 2.52. The van der Waals surface area contributed by atoms with E-state index in [1.807, 2.05) is 0 Å². The van der Waals surface area contributed by atoms with Gasteiger partial charge in [0.05, 0.1) is 28.1 Å². The second kappa shape index (κ2) is 9.08. The number of aromatic nitrogens is 1. The van der Waals surface area contributed by atoms with Crippen LogP contribution in [0.25, 0.3) is 49.0 Å². The van der Waals surface area contributed by atoms with Crippen molar-refractivity contribution >= 4 is 60.4 Å². The molecule has 0 aliphatic carbocycles. The van der Waals surface area contributed by atoms with E-state index in [-0.39, 0.29) is 0 Å². The molecular formula is C41H30N2. The van der Waals surface area contributed by atoms with Gasteiger partial charge in [0.25, 0.3) is 0 Å². The average molecular weight is 551 g/mol. The molecular weight excluding hydrogens is 520 g/mol. The predicted octanol–water partition coefficient (Wildman–Crippen LogP) is 11.1. The Morgan fingerprint density at radius 1 is 0.442 bits per heavy atom. The normalized spacial score (nSPS) is 12.7. The van der Waals surface area contributed by atoms with Crippen molar-refractivity contribution in [1.29, 1.82) is 0 Å². The van der Waals surface area contributed by atoms with E-state index in [4.69, 9.17) is 0 Å². The molecule has 1 aliphatic rings. The van der Waals surface area contributed by atoms with E-state index < -0.39 is 0 Å². The zero-order valence-corrected chi connectivity index (χ0v) is 24.3. The number of hydrogen-bond donors (Lipinski definition) is 0. The molecule has 0 saturated carbocycles. The Kier molecular flexibility index (Phi) is 5.13. The van der Waals surface area contributed by atoms with Gasteiger partial charge in [0, 0.05) is 33.7 Å². The number of anilines is 3. The third-order valence-corrected chi connectivity index (χ3v) is 9.62. The molecule has 2 heteroatoms. The van der Waals surface area contributed by atoms with Crippen LogP contribution < -0.4 is 4.90 Å². The van der Waals surface area contributed by atoms with Crippen LogP contribution in [-0.2, 0) is 6.42 Å². The van der Waals surface area contributed by atoms with Gasteiger partial charge < -0.3 is 9.47 Å². The van der Waals surface area contributed by atoms with Gasteiger partial charge in [0.1, 0.15) is 0 Å². The molecule has 0 radical (unpaired) electrons. The quantitative estimate of drug-likeness (QED) is 0.208. The third kappa shape index (κ3) is 3.41. The highest BCUT2D eigenvalue weighted by Crippen LogP contribution is 2.50. The smallest absolute Gasteiger partial charge is 0.0545 e. The molecule has 7 aromatic carbocycles. The Hall–Kier alpha value is -5.34. The predicted molar refractivity (Wildman–Crippen MR) is 183 cm³/mol. The fourth-order valence-corrected chi connectivity index (χ4v) is 7.43. The minimum absolute atomic E-state index is 0.903. The molecule has 0 amide bonds. The number of nitrogens with zero attached hydrogens (tertiary/aromatic N) is 2. The first-order valence-corrected chi connectivity index (χ1v) is 15.1. The van der Waals surface area contributed by atoms with E-state index in [1.54, 1.807) is 0 Å². The van der Waals surface area contributed by atoms with E-state index in [9.17, 15) is 0 Å². The Bertz CT molecular complexity index is 2400. The summed E-state index contributed by atoms with van der Waals surface area (Å²) in [6, 6.07) is 49.0. The highest BCUT2D eigenvalue weighted by Gasteiger charge is 2.30. The fourth-order valence-electron chi connectivity index (χ4n) is 7.43. The summed E-state index contributed by atoms with van der Waals surface area (Å²) in [5.74, 6) is 0. The van der Waals surface area contributed by atoms with Gasteiger partial charge in [-0.15, -0.1) is 0 Å². The summed E-state index contributed by atoms with van der Waals surface area (Å²) in [5.41, 5.74) is 13.0. The van der Waals surface area contributed by atoms with Crippen molar-refractivity contribution in [1.82, 2.24) is 4.57 Å². The van der Waals surface area contributed by atoms with Crippen LogP contribution in [0.3, 0.4) is 0 Å². The molecule has 43 heavy (non-hydrogen) atoms. The van der Waals surface area contributed by atoms with Crippen molar-refractivity contribution in [2.24, 2.45) is 0 Å². The summed E-state index contributed by atoms with van der Waals surface area (Å²) in [6.07, 6.45) is 0.903. The standard InChI is InChI=1S/C41H30N2/c1-26-21-22-38-33(27(26)2)25-34-39(42(38)35-19-9-13-28-11-3-5-15-30(28)35)23-24-40-41(34)32-17-7-8-18-37(32)43(40)36-20-10-14-29-12-4-6-16-31(29)36/h3-24H,25H2,1-2H3. The minimum Gasteiger partial charge on any atom is -0.309 e. The summed E-state index contributed by atoms with van der Waals surface area (Å²) in [4.78, 5) is 2.52. The van der Waals surface area contributed by atoms with Crippen molar-refractivity contribution in [2.75, 3.05) is 4.90 Å². The summed E-state index contributed by atoms with van der Waals surface area (Å²) in [7, 11) is 0. The number of benzene rings is 7. The van der Waals surface area contributed by atoms with Crippen LogP contribution in [0.1, 0.15) is 22.3 Å². The summed E-state index contributed by atoms with van der Waals surface area (Å²) in [6.45, 7) is 4.53. The van der Waals surface area contributed by atoms with Crippen LogP contribution in [-0.4, -0.2) is 4.57 Å². The first-order chi connectivity index (χ1) is 21.2. The number of para-hydroxylation sites is 1. The molecule has 9 rings (SSSR count). The molecule has 1 aromatic heterocycles. The van der Waals surface area contributed by atoms with Gasteiger partial charge in [-0.2, -0.15) is 0 Å². The second-order valence-electron chi connectivity index (χ2n) is 11.8. The van der Waals surface area contributed by atoms with Crippen LogP contribution >= 0.6 is 0 Å². The third-order valence-electron chi connectivity index (χ3n) is 9.62. The monoisotopic (exact) mass is 550 g/mol. The Morgan fingerprint density at radius 3 is 1.79 bits per heavy atom. The van der Waals surface area contributed by atoms with E-state index >= 15 is 0 Å². The van der Waals surface area contributed by atoms with Gasteiger partial charge in [-0.3, -0.25) is 0 Å². The highest BCUT2D eigenvalue weighted by atomic mass is 15.2. The molecule has 1 aliphatic heterocycles. The Labute approximate surface area is 251 Å². The lowest BCUT2D eigenvalue weighted by molar-refractivity contribution is 1.07. The molecule has 2 heterocycles.